The van der Waals surface area contributed by atoms with Crippen LogP contribution in [0.2, 0.25) is 5.02 Å². The summed E-state index contributed by atoms with van der Waals surface area (Å²) in [5.74, 6) is -1.35. The zero-order valence-electron chi connectivity index (χ0n) is 19.8. The van der Waals surface area contributed by atoms with Crippen LogP contribution < -0.4 is 20.1 Å². The summed E-state index contributed by atoms with van der Waals surface area (Å²) >= 11 is 9.65. The first-order valence-corrected chi connectivity index (χ1v) is 12.8. The smallest absolute Gasteiger partial charge is 0.339 e. The molecule has 0 spiro atoms. The normalized spacial score (nSPS) is 13.2. The van der Waals surface area contributed by atoms with E-state index in [9.17, 15) is 14.7 Å². The minimum atomic E-state index is -1.18. The van der Waals surface area contributed by atoms with Gasteiger partial charge in [-0.2, -0.15) is 0 Å². The Balaban J connectivity index is 1.74. The second kappa shape index (κ2) is 11.7. The topological polar surface area (TPSA) is 82.1 Å². The van der Waals surface area contributed by atoms with E-state index in [0.717, 1.165) is 41.8 Å². The maximum absolute atomic E-state index is 13.9. The lowest BCUT2D eigenvalue weighted by atomic mass is 10.0. The Bertz CT molecular complexity index is 1250. The molecule has 0 aromatic heterocycles. The van der Waals surface area contributed by atoms with Gasteiger partial charge in [0.05, 0.1) is 30.6 Å². The van der Waals surface area contributed by atoms with E-state index in [1.807, 2.05) is 48.5 Å². The van der Waals surface area contributed by atoms with Crippen LogP contribution in [0.3, 0.4) is 0 Å². The monoisotopic (exact) mass is 571 g/mol. The summed E-state index contributed by atoms with van der Waals surface area (Å²) in [6.07, 6.45) is 3.26. The Hall–Kier alpha value is -3.23. The molecule has 0 saturated carbocycles. The molecule has 1 aliphatic rings. The first kappa shape index (κ1) is 25.9. The zero-order valence-corrected chi connectivity index (χ0v) is 22.2. The number of anilines is 3. The number of benzene rings is 3. The highest BCUT2D eigenvalue weighted by molar-refractivity contribution is 9.10. The van der Waals surface area contributed by atoms with Gasteiger partial charge >= 0.3 is 5.97 Å². The molecule has 1 saturated heterocycles. The Morgan fingerprint density at radius 1 is 1.08 bits per heavy atom. The second-order valence-corrected chi connectivity index (χ2v) is 9.86. The average Bonchev–Trinajstić information content (AvgIpc) is 2.88. The van der Waals surface area contributed by atoms with Gasteiger partial charge in [0.25, 0.3) is 0 Å². The van der Waals surface area contributed by atoms with Gasteiger partial charge in [0.2, 0.25) is 5.91 Å². The van der Waals surface area contributed by atoms with Crippen molar-refractivity contribution in [3.63, 3.8) is 0 Å². The third kappa shape index (κ3) is 5.94. The number of hydrogen-bond acceptors (Lipinski definition) is 5. The lowest BCUT2D eigenvalue weighted by molar-refractivity contribution is -0.117. The molecule has 9 heteroatoms. The molecule has 0 unspecified atom stereocenters. The molecule has 2 N–H and O–H groups in total. The van der Waals surface area contributed by atoms with Crippen molar-refractivity contribution >= 4 is 56.5 Å². The highest BCUT2D eigenvalue weighted by atomic mass is 79.9. The number of nitrogens with zero attached hydrogens (tertiary/aromatic N) is 2. The molecule has 3 aromatic carbocycles. The fraction of sp³-hybridized carbons (Fsp3) is 0.259. The molecule has 1 heterocycles. The van der Waals surface area contributed by atoms with Crippen LogP contribution in [0.5, 0.6) is 5.75 Å². The van der Waals surface area contributed by atoms with E-state index in [1.54, 1.807) is 6.07 Å². The van der Waals surface area contributed by atoms with Crippen molar-refractivity contribution in [3.05, 3.63) is 81.3 Å². The van der Waals surface area contributed by atoms with Crippen LogP contribution in [0.15, 0.2) is 65.1 Å². The second-order valence-electron chi connectivity index (χ2n) is 8.51. The summed E-state index contributed by atoms with van der Waals surface area (Å²) < 4.78 is 6.31. The lowest BCUT2D eigenvalue weighted by Gasteiger charge is -2.34. The number of piperidine rings is 1. The van der Waals surface area contributed by atoms with Crippen LogP contribution >= 0.6 is 27.5 Å². The minimum Gasteiger partial charge on any atom is -0.496 e. The molecule has 0 bridgehead atoms. The summed E-state index contributed by atoms with van der Waals surface area (Å²) in [5, 5.41) is 11.4. The van der Waals surface area contributed by atoms with Gasteiger partial charge in [-0.1, -0.05) is 39.7 Å². The number of ether oxygens (including phenoxy) is 1. The molecule has 4 rings (SSSR count). The van der Waals surface area contributed by atoms with Gasteiger partial charge < -0.3 is 14.7 Å². The number of carbonyl (C=O) groups is 2. The number of hydrazine groups is 1. The molecule has 36 heavy (non-hydrogen) atoms. The number of amides is 1. The van der Waals surface area contributed by atoms with Gasteiger partial charge in [0.1, 0.15) is 11.3 Å². The molecular weight excluding hydrogens is 546 g/mol. The predicted octanol–water partition coefficient (Wildman–Crippen LogP) is 6.40. The van der Waals surface area contributed by atoms with Crippen molar-refractivity contribution < 1.29 is 19.4 Å². The lowest BCUT2D eigenvalue weighted by Crippen LogP contribution is -2.39. The van der Waals surface area contributed by atoms with Gasteiger partial charge in [-0.05, 0) is 67.8 Å². The fourth-order valence-electron chi connectivity index (χ4n) is 4.39. The first-order valence-electron chi connectivity index (χ1n) is 11.7. The summed E-state index contributed by atoms with van der Waals surface area (Å²) in [4.78, 5) is 27.9. The molecule has 0 radical (unpaired) electrons. The van der Waals surface area contributed by atoms with Crippen LogP contribution in [0.1, 0.15) is 35.2 Å². The zero-order chi connectivity index (χ0) is 25.7. The molecule has 0 aliphatic carbocycles. The number of rotatable bonds is 8. The van der Waals surface area contributed by atoms with Crippen molar-refractivity contribution in [1.82, 2.24) is 0 Å². The number of aromatic carboxylic acids is 1. The highest BCUT2D eigenvalue weighted by Gasteiger charge is 2.25. The van der Waals surface area contributed by atoms with Crippen LogP contribution in [0.25, 0.3) is 0 Å². The number of carboxylic acid groups (broad SMARTS) is 1. The van der Waals surface area contributed by atoms with Crippen molar-refractivity contribution in [2.75, 3.05) is 35.5 Å². The van der Waals surface area contributed by atoms with Crippen molar-refractivity contribution in [1.29, 1.82) is 0 Å². The van der Waals surface area contributed by atoms with Gasteiger partial charge in [0.15, 0.2) is 0 Å². The van der Waals surface area contributed by atoms with E-state index in [-0.39, 0.29) is 28.7 Å². The Morgan fingerprint density at radius 2 is 1.78 bits per heavy atom. The number of nitrogens with one attached hydrogen (secondary N) is 1. The Morgan fingerprint density at radius 3 is 2.44 bits per heavy atom. The van der Waals surface area contributed by atoms with E-state index in [0.29, 0.717) is 11.3 Å². The number of carboxylic acids is 1. The van der Waals surface area contributed by atoms with E-state index in [2.05, 4.69) is 26.3 Å². The van der Waals surface area contributed by atoms with E-state index >= 15 is 0 Å². The SMILES string of the molecule is COc1c(CC(=O)N(Nc2ccc(Br)cc2)c2ccccc2N2CCCCC2)cc(Cl)cc1C(=O)O. The van der Waals surface area contributed by atoms with Gasteiger partial charge in [-0.15, -0.1) is 0 Å². The van der Waals surface area contributed by atoms with Gasteiger partial charge in [-0.25, -0.2) is 9.80 Å². The number of carbonyl (C=O) groups excluding carboxylic acids is 1. The molecule has 3 aromatic rings. The van der Waals surface area contributed by atoms with Crippen LogP contribution in [0.4, 0.5) is 17.1 Å². The fourth-order valence-corrected chi connectivity index (χ4v) is 4.89. The standard InChI is InChI=1S/C27H27BrClN3O4/c1-36-26-18(15-20(29)17-22(26)27(34)35)16-25(33)32(30-21-11-9-19(28)10-12-21)24-8-4-3-7-23(24)31-13-5-2-6-14-31/h3-4,7-12,15,17,30H,2,5-6,13-14,16H2,1H3,(H,34,35). The molecule has 188 valence electrons. The van der Waals surface area contributed by atoms with Crippen LogP contribution in [0, 0.1) is 0 Å². The molecule has 1 aliphatic heterocycles. The molecule has 7 nitrogen and oxygen atoms in total. The van der Waals surface area contributed by atoms with E-state index in [1.165, 1.54) is 24.6 Å². The minimum absolute atomic E-state index is 0.0889. The summed E-state index contributed by atoms with van der Waals surface area (Å²) in [6.45, 7) is 1.84. The molecule has 0 atom stereocenters. The summed E-state index contributed by atoms with van der Waals surface area (Å²) in [7, 11) is 1.38. The van der Waals surface area contributed by atoms with Gasteiger partial charge in [-0.3, -0.25) is 10.2 Å². The van der Waals surface area contributed by atoms with Crippen molar-refractivity contribution in [2.45, 2.75) is 25.7 Å². The Labute approximate surface area is 223 Å². The third-order valence-electron chi connectivity index (χ3n) is 6.06. The Kier molecular flexibility index (Phi) is 8.38. The van der Waals surface area contributed by atoms with Crippen molar-refractivity contribution in [3.8, 4) is 5.75 Å². The maximum atomic E-state index is 13.9. The molecule has 1 amide bonds. The van der Waals surface area contributed by atoms with Crippen molar-refractivity contribution in [2.24, 2.45) is 0 Å². The largest absolute Gasteiger partial charge is 0.496 e. The first-order chi connectivity index (χ1) is 17.4. The number of methoxy groups -OCH3 is 1. The van der Waals surface area contributed by atoms with E-state index in [4.69, 9.17) is 16.3 Å². The molecule has 1 fully saturated rings. The number of hydrogen-bond donors (Lipinski definition) is 2. The van der Waals surface area contributed by atoms with Crippen LogP contribution in [-0.4, -0.2) is 37.2 Å². The third-order valence-corrected chi connectivity index (χ3v) is 6.81. The number of para-hydroxylation sites is 2. The summed E-state index contributed by atoms with van der Waals surface area (Å²) in [5.41, 5.74) is 5.96. The molecular formula is C27H27BrClN3O4. The number of halogens is 2. The van der Waals surface area contributed by atoms with Gasteiger partial charge in [0, 0.05) is 28.1 Å². The van der Waals surface area contributed by atoms with Crippen LogP contribution in [-0.2, 0) is 11.2 Å². The highest BCUT2D eigenvalue weighted by Crippen LogP contribution is 2.34. The quantitative estimate of drug-likeness (QED) is 0.304. The predicted molar refractivity (Wildman–Crippen MR) is 146 cm³/mol. The maximum Gasteiger partial charge on any atom is 0.339 e. The van der Waals surface area contributed by atoms with E-state index < -0.39 is 5.97 Å². The average molecular weight is 573 g/mol. The summed E-state index contributed by atoms with van der Waals surface area (Å²) in [6, 6.07) is 18.2.